The van der Waals surface area contributed by atoms with Crippen LogP contribution >= 0.6 is 0 Å². The Morgan fingerprint density at radius 1 is 1.61 bits per heavy atom. The smallest absolute Gasteiger partial charge is 0.217 e. The molecule has 1 aromatic rings. The van der Waals surface area contributed by atoms with Gasteiger partial charge in [0.25, 0.3) is 0 Å². The second-order valence-electron chi connectivity index (χ2n) is 4.61. The third kappa shape index (κ3) is 2.79. The number of rotatable bonds is 3. The standard InChI is InChI=1S/C13H18FN3O/c1-9(18)16-11-4-5-17(8-11)12-3-2-10(7-15)13(14)6-12/h2-3,6,11H,4-5,7-8,15H2,1H3,(H,16,18). The average molecular weight is 251 g/mol. The van der Waals surface area contributed by atoms with Crippen LogP contribution in [0, 0.1) is 5.82 Å². The summed E-state index contributed by atoms with van der Waals surface area (Å²) in [4.78, 5) is 13.1. The first-order chi connectivity index (χ1) is 8.60. The van der Waals surface area contributed by atoms with Crippen LogP contribution in [0.15, 0.2) is 18.2 Å². The summed E-state index contributed by atoms with van der Waals surface area (Å²) in [5.74, 6) is -0.288. The number of benzene rings is 1. The van der Waals surface area contributed by atoms with E-state index >= 15 is 0 Å². The Hall–Kier alpha value is -1.62. The molecule has 98 valence electrons. The molecular formula is C13H18FN3O. The molecular weight excluding hydrogens is 233 g/mol. The normalized spacial score (nSPS) is 19.1. The number of carbonyl (C=O) groups is 1. The first-order valence-electron chi connectivity index (χ1n) is 6.10. The highest BCUT2D eigenvalue weighted by Crippen LogP contribution is 2.22. The van der Waals surface area contributed by atoms with Gasteiger partial charge in [-0.1, -0.05) is 6.07 Å². The van der Waals surface area contributed by atoms with Gasteiger partial charge in [0.15, 0.2) is 0 Å². The van der Waals surface area contributed by atoms with E-state index in [1.807, 2.05) is 6.07 Å². The molecule has 0 spiro atoms. The van der Waals surface area contributed by atoms with E-state index in [4.69, 9.17) is 5.73 Å². The molecule has 0 aliphatic carbocycles. The molecule has 5 heteroatoms. The van der Waals surface area contributed by atoms with Gasteiger partial charge in [0, 0.05) is 43.9 Å². The summed E-state index contributed by atoms with van der Waals surface area (Å²) in [6.07, 6.45) is 0.889. The van der Waals surface area contributed by atoms with Gasteiger partial charge >= 0.3 is 0 Å². The summed E-state index contributed by atoms with van der Waals surface area (Å²) in [6, 6.07) is 5.26. The molecule has 1 atom stereocenters. The molecule has 1 aliphatic rings. The summed E-state index contributed by atoms with van der Waals surface area (Å²) in [7, 11) is 0. The zero-order chi connectivity index (χ0) is 13.1. The maximum absolute atomic E-state index is 13.6. The van der Waals surface area contributed by atoms with Crippen molar-refractivity contribution in [3.05, 3.63) is 29.6 Å². The SMILES string of the molecule is CC(=O)NC1CCN(c2ccc(CN)c(F)c2)C1. The highest BCUT2D eigenvalue weighted by molar-refractivity contribution is 5.73. The zero-order valence-corrected chi connectivity index (χ0v) is 10.4. The van der Waals surface area contributed by atoms with Gasteiger partial charge in [-0.05, 0) is 18.6 Å². The van der Waals surface area contributed by atoms with Gasteiger partial charge in [0.2, 0.25) is 5.91 Å². The van der Waals surface area contributed by atoms with E-state index in [2.05, 4.69) is 10.2 Å². The Morgan fingerprint density at radius 2 is 2.39 bits per heavy atom. The van der Waals surface area contributed by atoms with Gasteiger partial charge in [0.1, 0.15) is 5.82 Å². The number of amides is 1. The van der Waals surface area contributed by atoms with E-state index in [9.17, 15) is 9.18 Å². The predicted octanol–water partition coefficient (Wildman–Crippen LogP) is 0.999. The number of halogens is 1. The van der Waals surface area contributed by atoms with Crippen molar-refractivity contribution >= 4 is 11.6 Å². The summed E-state index contributed by atoms with van der Waals surface area (Å²) >= 11 is 0. The van der Waals surface area contributed by atoms with Crippen LogP contribution in [0.25, 0.3) is 0 Å². The Labute approximate surface area is 106 Å². The first-order valence-corrected chi connectivity index (χ1v) is 6.10. The third-order valence-electron chi connectivity index (χ3n) is 3.22. The van der Waals surface area contributed by atoms with Crippen LogP contribution < -0.4 is 16.0 Å². The molecule has 4 nitrogen and oxygen atoms in total. The van der Waals surface area contributed by atoms with Crippen LogP contribution in [-0.4, -0.2) is 25.0 Å². The molecule has 18 heavy (non-hydrogen) atoms. The van der Waals surface area contributed by atoms with Crippen LogP contribution in [0.4, 0.5) is 10.1 Å². The number of nitrogens with one attached hydrogen (secondary N) is 1. The number of nitrogens with zero attached hydrogens (tertiary/aromatic N) is 1. The van der Waals surface area contributed by atoms with Crippen molar-refractivity contribution in [3.63, 3.8) is 0 Å². The fourth-order valence-corrected chi connectivity index (χ4v) is 2.30. The minimum atomic E-state index is -0.266. The lowest BCUT2D eigenvalue weighted by molar-refractivity contribution is -0.119. The Balaban J connectivity index is 2.05. The fourth-order valence-electron chi connectivity index (χ4n) is 2.30. The van der Waals surface area contributed by atoms with Crippen LogP contribution in [0.5, 0.6) is 0 Å². The molecule has 0 aromatic heterocycles. The van der Waals surface area contributed by atoms with Gasteiger partial charge in [-0.15, -0.1) is 0 Å². The Morgan fingerprint density at radius 3 is 3.00 bits per heavy atom. The molecule has 3 N–H and O–H groups in total. The van der Waals surface area contributed by atoms with E-state index < -0.39 is 0 Å². The summed E-state index contributed by atoms with van der Waals surface area (Å²) in [6.45, 7) is 3.27. The van der Waals surface area contributed by atoms with Gasteiger partial charge in [0.05, 0.1) is 0 Å². The van der Waals surface area contributed by atoms with Gasteiger partial charge in [-0.2, -0.15) is 0 Å². The fraction of sp³-hybridized carbons (Fsp3) is 0.462. The molecule has 0 radical (unpaired) electrons. The molecule has 0 saturated carbocycles. The second kappa shape index (κ2) is 5.35. The Kier molecular flexibility index (Phi) is 3.81. The number of anilines is 1. The lowest BCUT2D eigenvalue weighted by Gasteiger charge is -2.19. The van der Waals surface area contributed by atoms with Crippen LogP contribution in [0.3, 0.4) is 0 Å². The summed E-state index contributed by atoms with van der Waals surface area (Å²) in [5.41, 5.74) is 6.80. The summed E-state index contributed by atoms with van der Waals surface area (Å²) in [5, 5.41) is 2.88. The minimum Gasteiger partial charge on any atom is -0.369 e. The van der Waals surface area contributed by atoms with Crippen LogP contribution in [0.1, 0.15) is 18.9 Å². The number of hydrogen-bond acceptors (Lipinski definition) is 3. The van der Waals surface area contributed by atoms with E-state index in [1.165, 1.54) is 13.0 Å². The van der Waals surface area contributed by atoms with Crippen molar-refractivity contribution in [1.29, 1.82) is 0 Å². The van der Waals surface area contributed by atoms with Crippen molar-refractivity contribution in [3.8, 4) is 0 Å². The monoisotopic (exact) mass is 251 g/mol. The molecule has 1 fully saturated rings. The Bertz CT molecular complexity index is 450. The molecule has 0 bridgehead atoms. The lowest BCUT2D eigenvalue weighted by Crippen LogP contribution is -2.35. The minimum absolute atomic E-state index is 0.0217. The predicted molar refractivity (Wildman–Crippen MR) is 68.7 cm³/mol. The maximum Gasteiger partial charge on any atom is 0.217 e. The largest absolute Gasteiger partial charge is 0.369 e. The molecule has 2 rings (SSSR count). The highest BCUT2D eigenvalue weighted by Gasteiger charge is 2.23. The van der Waals surface area contributed by atoms with Crippen molar-refractivity contribution < 1.29 is 9.18 Å². The molecule has 1 aromatic carbocycles. The lowest BCUT2D eigenvalue weighted by atomic mass is 10.2. The van der Waals surface area contributed by atoms with E-state index in [1.54, 1.807) is 6.07 Å². The van der Waals surface area contributed by atoms with Gasteiger partial charge < -0.3 is 16.0 Å². The molecule has 1 amide bonds. The number of nitrogens with two attached hydrogens (primary N) is 1. The van der Waals surface area contributed by atoms with Crippen LogP contribution in [0.2, 0.25) is 0 Å². The zero-order valence-electron chi connectivity index (χ0n) is 10.4. The maximum atomic E-state index is 13.6. The van der Waals surface area contributed by atoms with Crippen LogP contribution in [-0.2, 0) is 11.3 Å². The third-order valence-corrected chi connectivity index (χ3v) is 3.22. The first kappa shape index (κ1) is 12.8. The molecule has 1 heterocycles. The number of carbonyl (C=O) groups excluding carboxylic acids is 1. The van der Waals surface area contributed by atoms with Gasteiger partial charge in [-0.3, -0.25) is 4.79 Å². The average Bonchev–Trinajstić information content (AvgIpc) is 2.76. The van der Waals surface area contributed by atoms with Crippen molar-refractivity contribution in [2.45, 2.75) is 25.9 Å². The molecule has 1 unspecified atom stereocenters. The summed E-state index contributed by atoms with van der Waals surface area (Å²) < 4.78 is 13.6. The van der Waals surface area contributed by atoms with E-state index in [0.29, 0.717) is 5.56 Å². The second-order valence-corrected chi connectivity index (χ2v) is 4.61. The molecule has 1 aliphatic heterocycles. The van der Waals surface area contributed by atoms with E-state index in [-0.39, 0.29) is 24.3 Å². The molecule has 1 saturated heterocycles. The quantitative estimate of drug-likeness (QED) is 0.842. The topological polar surface area (TPSA) is 58.4 Å². The number of hydrogen-bond donors (Lipinski definition) is 2. The highest BCUT2D eigenvalue weighted by atomic mass is 19.1. The van der Waals surface area contributed by atoms with E-state index in [0.717, 1.165) is 25.2 Å². The van der Waals surface area contributed by atoms with Crippen molar-refractivity contribution in [1.82, 2.24) is 5.32 Å². The van der Waals surface area contributed by atoms with Gasteiger partial charge in [-0.25, -0.2) is 4.39 Å². The van der Waals surface area contributed by atoms with Crippen molar-refractivity contribution in [2.24, 2.45) is 5.73 Å². The van der Waals surface area contributed by atoms with Crippen molar-refractivity contribution in [2.75, 3.05) is 18.0 Å².